The number of pyridine rings is 1. The summed E-state index contributed by atoms with van der Waals surface area (Å²) in [7, 11) is 1.33. The molecule has 0 fully saturated rings. The van der Waals surface area contributed by atoms with Crippen LogP contribution in [0.1, 0.15) is 16.4 Å². The number of nitrogens with zero attached hydrogens (tertiary/aromatic N) is 3. The van der Waals surface area contributed by atoms with Crippen LogP contribution >= 0.6 is 23.4 Å². The van der Waals surface area contributed by atoms with E-state index in [0.29, 0.717) is 5.56 Å². The number of rotatable bonds is 5. The molecule has 2 N–H and O–H groups in total. The van der Waals surface area contributed by atoms with Crippen LogP contribution in [0, 0.1) is 17.9 Å². The van der Waals surface area contributed by atoms with Gasteiger partial charge in [0.15, 0.2) is 0 Å². The maximum Gasteiger partial charge on any atom is 0.265 e. The molecule has 6 nitrogen and oxygen atoms in total. The van der Waals surface area contributed by atoms with E-state index in [1.54, 1.807) is 24.3 Å². The lowest BCUT2D eigenvalue weighted by Crippen LogP contribution is -2.19. The Morgan fingerprint density at radius 2 is 2.17 bits per heavy atom. The van der Waals surface area contributed by atoms with E-state index >= 15 is 0 Å². The lowest BCUT2D eigenvalue weighted by molar-refractivity contribution is -0.117. The van der Waals surface area contributed by atoms with Crippen molar-refractivity contribution in [1.29, 1.82) is 5.26 Å². The number of aromatic nitrogens is 1. The minimum Gasteiger partial charge on any atom is -0.506 e. The van der Waals surface area contributed by atoms with E-state index in [1.807, 2.05) is 12.1 Å². The number of benzene rings is 1. The molecule has 0 aliphatic heterocycles. The second-order valence-corrected chi connectivity index (χ2v) is 5.95. The van der Waals surface area contributed by atoms with Crippen LogP contribution in [0.3, 0.4) is 0 Å². The minimum absolute atomic E-state index is 0.0336. The quantitative estimate of drug-likeness (QED) is 0.501. The molecule has 0 saturated carbocycles. The predicted octanol–water partition coefficient (Wildman–Crippen LogP) is 3.48. The van der Waals surface area contributed by atoms with Crippen molar-refractivity contribution in [3.05, 3.63) is 58.0 Å². The van der Waals surface area contributed by atoms with Crippen molar-refractivity contribution in [2.75, 3.05) is 7.11 Å². The normalized spacial score (nSPS) is 11.2. The number of carbonyl (C=O) groups is 1. The Balaban J connectivity index is 2.56. The third kappa shape index (κ3) is 3.43. The van der Waals surface area contributed by atoms with Crippen LogP contribution in [0.25, 0.3) is 4.85 Å². The van der Waals surface area contributed by atoms with Gasteiger partial charge in [0.25, 0.3) is 5.69 Å². The monoisotopic (exact) mass is 358 g/mol. The van der Waals surface area contributed by atoms with E-state index in [4.69, 9.17) is 28.6 Å². The molecular formula is C16H11ClN4O2S. The van der Waals surface area contributed by atoms with Crippen molar-refractivity contribution in [2.45, 2.75) is 10.3 Å². The number of hydrogen-bond acceptors (Lipinski definition) is 5. The number of nitriles is 1. The summed E-state index contributed by atoms with van der Waals surface area (Å²) >= 11 is 7.00. The van der Waals surface area contributed by atoms with Gasteiger partial charge in [-0.05, 0) is 5.56 Å². The molecule has 1 heterocycles. The highest BCUT2D eigenvalue weighted by Gasteiger charge is 2.26. The van der Waals surface area contributed by atoms with Crippen LogP contribution in [0.4, 0.5) is 5.69 Å². The highest BCUT2D eigenvalue weighted by Crippen LogP contribution is 2.44. The predicted molar refractivity (Wildman–Crippen MR) is 91.0 cm³/mol. The van der Waals surface area contributed by atoms with Crippen molar-refractivity contribution in [2.24, 2.45) is 5.73 Å². The van der Waals surface area contributed by atoms with Crippen LogP contribution in [-0.4, -0.2) is 18.0 Å². The van der Waals surface area contributed by atoms with Gasteiger partial charge in [0, 0.05) is 0 Å². The first kappa shape index (κ1) is 17.6. The number of halogens is 1. The molecule has 0 saturated heterocycles. The van der Waals surface area contributed by atoms with Gasteiger partial charge in [-0.3, -0.25) is 4.79 Å². The smallest absolute Gasteiger partial charge is 0.265 e. The van der Waals surface area contributed by atoms with Gasteiger partial charge in [-0.2, -0.15) is 5.26 Å². The number of amides is 1. The fraction of sp³-hybridized carbons (Fsp3) is 0.125. The number of nitrogens with two attached hydrogens (primary N) is 1. The third-order valence-electron chi connectivity index (χ3n) is 3.07. The fourth-order valence-electron chi connectivity index (χ4n) is 2.02. The van der Waals surface area contributed by atoms with Crippen molar-refractivity contribution < 1.29 is 9.53 Å². The van der Waals surface area contributed by atoms with Crippen LogP contribution in [0.2, 0.25) is 5.15 Å². The van der Waals surface area contributed by atoms with Crippen LogP contribution in [0.5, 0.6) is 5.75 Å². The van der Waals surface area contributed by atoms with Gasteiger partial charge < -0.3 is 10.5 Å². The molecule has 1 amide bonds. The Labute approximate surface area is 148 Å². The fourth-order valence-corrected chi connectivity index (χ4v) is 3.31. The maximum atomic E-state index is 11.8. The Morgan fingerprint density at radius 3 is 2.67 bits per heavy atom. The molecule has 1 aromatic carbocycles. The van der Waals surface area contributed by atoms with Gasteiger partial charge in [0.05, 0.1) is 13.7 Å². The van der Waals surface area contributed by atoms with E-state index in [0.717, 1.165) is 11.8 Å². The Morgan fingerprint density at radius 1 is 1.50 bits per heavy atom. The van der Waals surface area contributed by atoms with Gasteiger partial charge in [-0.15, -0.1) is 0 Å². The summed E-state index contributed by atoms with van der Waals surface area (Å²) < 4.78 is 5.14. The maximum absolute atomic E-state index is 11.8. The molecular weight excluding hydrogens is 348 g/mol. The lowest BCUT2D eigenvalue weighted by atomic mass is 10.1. The van der Waals surface area contributed by atoms with E-state index in [-0.39, 0.29) is 27.2 Å². The zero-order valence-corrected chi connectivity index (χ0v) is 14.1. The number of ether oxygens (including phenoxy) is 1. The number of methoxy groups -OCH3 is 1. The van der Waals surface area contributed by atoms with Gasteiger partial charge in [0.1, 0.15) is 32.8 Å². The second-order valence-electron chi connectivity index (χ2n) is 4.50. The van der Waals surface area contributed by atoms with Crippen LogP contribution in [0.15, 0.2) is 35.4 Å². The SMILES string of the molecule is [C-]#[N+]c1c(Cl)nc(SC(C(N)=O)c2ccccc2)c(C#N)c1OC. The zero-order chi connectivity index (χ0) is 17.7. The van der Waals surface area contributed by atoms with Gasteiger partial charge in [-0.1, -0.05) is 53.7 Å². The molecule has 1 unspecified atom stereocenters. The molecule has 1 aromatic heterocycles. The van der Waals surface area contributed by atoms with E-state index < -0.39 is 11.2 Å². The number of thioether (sulfide) groups is 1. The molecule has 0 bridgehead atoms. The Hall–Kier alpha value is -2.74. The van der Waals surface area contributed by atoms with Gasteiger partial charge in [-0.25, -0.2) is 9.83 Å². The Kier molecular flexibility index (Phi) is 5.64. The second kappa shape index (κ2) is 7.69. The van der Waals surface area contributed by atoms with E-state index in [2.05, 4.69) is 9.83 Å². The standard InChI is InChI=1S/C16H11ClN4O2S/c1-20-11-12(23-2)10(8-18)16(21-14(11)17)24-13(15(19)22)9-6-4-3-5-7-9/h3-7,13H,2H3,(H2,19,22). The summed E-state index contributed by atoms with van der Waals surface area (Å²) in [5.41, 5.74) is 6.16. The summed E-state index contributed by atoms with van der Waals surface area (Å²) in [5.74, 6) is -0.549. The lowest BCUT2D eigenvalue weighted by Gasteiger charge is -2.16. The number of primary amides is 1. The average molecular weight is 359 g/mol. The highest BCUT2D eigenvalue weighted by molar-refractivity contribution is 8.00. The van der Waals surface area contributed by atoms with E-state index in [1.165, 1.54) is 7.11 Å². The molecule has 120 valence electrons. The summed E-state index contributed by atoms with van der Waals surface area (Å²) in [6.07, 6.45) is 0. The van der Waals surface area contributed by atoms with Gasteiger partial charge in [0.2, 0.25) is 5.91 Å². The van der Waals surface area contributed by atoms with Crippen molar-refractivity contribution >= 4 is 35.0 Å². The number of hydrogen-bond donors (Lipinski definition) is 1. The topological polar surface area (TPSA) is 93.4 Å². The van der Waals surface area contributed by atoms with Crippen molar-refractivity contribution in [1.82, 2.24) is 4.98 Å². The largest absolute Gasteiger partial charge is 0.506 e. The third-order valence-corrected chi connectivity index (χ3v) is 4.59. The van der Waals surface area contributed by atoms with Gasteiger partial charge >= 0.3 is 0 Å². The van der Waals surface area contributed by atoms with Crippen LogP contribution < -0.4 is 10.5 Å². The summed E-state index contributed by atoms with van der Waals surface area (Å²) in [6, 6.07) is 10.8. The zero-order valence-electron chi connectivity index (χ0n) is 12.5. The molecule has 8 heteroatoms. The molecule has 0 spiro atoms. The summed E-state index contributed by atoms with van der Waals surface area (Å²) in [6.45, 7) is 7.15. The molecule has 0 aliphatic carbocycles. The molecule has 0 radical (unpaired) electrons. The van der Waals surface area contributed by atoms with Crippen molar-refractivity contribution in [3.8, 4) is 11.8 Å². The number of carbonyl (C=O) groups excluding carboxylic acids is 1. The summed E-state index contributed by atoms with van der Waals surface area (Å²) in [4.78, 5) is 19.2. The average Bonchev–Trinajstić information content (AvgIpc) is 2.59. The highest BCUT2D eigenvalue weighted by atomic mass is 35.5. The first-order valence-corrected chi connectivity index (χ1v) is 7.85. The molecule has 24 heavy (non-hydrogen) atoms. The Bertz CT molecular complexity index is 859. The molecule has 2 rings (SSSR count). The first-order chi connectivity index (χ1) is 11.5. The molecule has 2 aromatic rings. The first-order valence-electron chi connectivity index (χ1n) is 6.59. The summed E-state index contributed by atoms with van der Waals surface area (Å²) in [5, 5.41) is 8.74. The van der Waals surface area contributed by atoms with Crippen molar-refractivity contribution in [3.63, 3.8) is 0 Å². The molecule has 0 aliphatic rings. The molecule has 1 atom stereocenters. The van der Waals surface area contributed by atoms with E-state index in [9.17, 15) is 10.1 Å². The minimum atomic E-state index is -0.759. The van der Waals surface area contributed by atoms with Crippen LogP contribution in [-0.2, 0) is 4.79 Å².